The molecular weight excluding hydrogens is 470 g/mol. The lowest BCUT2D eigenvalue weighted by Gasteiger charge is -2.18. The molecule has 8 heteroatoms. The summed E-state index contributed by atoms with van der Waals surface area (Å²) >= 11 is 7.58. The smallest absolute Gasteiger partial charge is 0.266 e. The van der Waals surface area contributed by atoms with Crippen LogP contribution in [0.3, 0.4) is 0 Å². The van der Waals surface area contributed by atoms with E-state index in [-0.39, 0.29) is 11.5 Å². The highest BCUT2D eigenvalue weighted by molar-refractivity contribution is 8.00. The third-order valence-electron chi connectivity index (χ3n) is 5.52. The van der Waals surface area contributed by atoms with Gasteiger partial charge in [-0.2, -0.15) is 0 Å². The Balaban J connectivity index is 1.67. The molecule has 3 aromatic carbocycles. The molecule has 0 radical (unpaired) electrons. The van der Waals surface area contributed by atoms with Gasteiger partial charge in [-0.05, 0) is 49.7 Å². The Morgan fingerprint density at radius 1 is 1.12 bits per heavy atom. The number of benzene rings is 3. The summed E-state index contributed by atoms with van der Waals surface area (Å²) in [5.41, 5.74) is 2.65. The highest BCUT2D eigenvalue weighted by Gasteiger charge is 2.21. The predicted octanol–water partition coefficient (Wildman–Crippen LogP) is 5.15. The largest absolute Gasteiger partial charge is 0.496 e. The molecule has 1 unspecified atom stereocenters. The molecule has 1 heterocycles. The molecule has 4 aromatic rings. The lowest BCUT2D eigenvalue weighted by Crippen LogP contribution is -2.31. The summed E-state index contributed by atoms with van der Waals surface area (Å²) in [5, 5.41) is 3.92. The van der Waals surface area contributed by atoms with Crippen molar-refractivity contribution < 1.29 is 9.53 Å². The first-order valence-electron chi connectivity index (χ1n) is 10.7. The van der Waals surface area contributed by atoms with E-state index in [9.17, 15) is 9.59 Å². The Morgan fingerprint density at radius 2 is 1.85 bits per heavy atom. The van der Waals surface area contributed by atoms with Gasteiger partial charge in [-0.1, -0.05) is 59.8 Å². The van der Waals surface area contributed by atoms with E-state index in [1.807, 2.05) is 43.3 Å². The average Bonchev–Trinajstić information content (AvgIpc) is 2.85. The number of hydrogen-bond acceptors (Lipinski definition) is 5. The van der Waals surface area contributed by atoms with E-state index in [0.717, 1.165) is 11.1 Å². The minimum absolute atomic E-state index is 0.173. The minimum Gasteiger partial charge on any atom is -0.496 e. The summed E-state index contributed by atoms with van der Waals surface area (Å²) in [6.07, 6.45) is 0. The molecule has 34 heavy (non-hydrogen) atoms. The van der Waals surface area contributed by atoms with Crippen LogP contribution in [0.5, 0.6) is 5.75 Å². The number of nitrogens with one attached hydrogen (secondary N) is 1. The van der Waals surface area contributed by atoms with Gasteiger partial charge in [0.15, 0.2) is 5.16 Å². The highest BCUT2D eigenvalue weighted by atomic mass is 35.5. The van der Waals surface area contributed by atoms with Gasteiger partial charge in [-0.25, -0.2) is 4.98 Å². The topological polar surface area (TPSA) is 73.2 Å². The monoisotopic (exact) mass is 493 g/mol. The number of thioether (sulfide) groups is 1. The summed E-state index contributed by atoms with van der Waals surface area (Å²) in [7, 11) is 1.60. The first-order chi connectivity index (χ1) is 16.4. The standard InChI is InChI=1S/C26H24ClN3O3S/c1-16-20(27)11-8-13-22(16)30-25(32)19-10-5-6-12-21(19)29-26(30)34-17(2)24(31)28-15-18-9-4-7-14-23(18)33-3/h4-14,17H,15H2,1-3H3,(H,28,31). The van der Waals surface area contributed by atoms with Crippen LogP contribution >= 0.6 is 23.4 Å². The van der Waals surface area contributed by atoms with Crippen molar-refractivity contribution in [1.29, 1.82) is 0 Å². The van der Waals surface area contributed by atoms with E-state index >= 15 is 0 Å². The van der Waals surface area contributed by atoms with Gasteiger partial charge in [0, 0.05) is 17.1 Å². The molecule has 1 N–H and O–H groups in total. The highest BCUT2D eigenvalue weighted by Crippen LogP contribution is 2.29. The normalized spacial score (nSPS) is 11.9. The lowest BCUT2D eigenvalue weighted by atomic mass is 10.2. The number of ether oxygens (including phenoxy) is 1. The number of carbonyl (C=O) groups excluding carboxylic acids is 1. The number of halogens is 1. The molecule has 0 bridgehead atoms. The number of methoxy groups -OCH3 is 1. The number of para-hydroxylation sites is 2. The first-order valence-corrected chi connectivity index (χ1v) is 12.0. The van der Waals surface area contributed by atoms with E-state index in [1.54, 1.807) is 44.4 Å². The second kappa shape index (κ2) is 10.3. The van der Waals surface area contributed by atoms with Crippen LogP contribution in [0, 0.1) is 6.92 Å². The molecule has 174 valence electrons. The van der Waals surface area contributed by atoms with Crippen LogP contribution in [0.4, 0.5) is 0 Å². The minimum atomic E-state index is -0.506. The van der Waals surface area contributed by atoms with Crippen molar-refractivity contribution in [1.82, 2.24) is 14.9 Å². The van der Waals surface area contributed by atoms with Crippen molar-refractivity contribution >= 4 is 40.2 Å². The zero-order valence-electron chi connectivity index (χ0n) is 19.0. The molecule has 6 nitrogen and oxygen atoms in total. The van der Waals surface area contributed by atoms with Crippen LogP contribution in [0.25, 0.3) is 16.6 Å². The van der Waals surface area contributed by atoms with Gasteiger partial charge < -0.3 is 10.1 Å². The molecule has 0 fully saturated rings. The molecule has 0 saturated heterocycles. The molecule has 1 aromatic heterocycles. The second-order valence-corrected chi connectivity index (χ2v) is 9.44. The van der Waals surface area contributed by atoms with Crippen molar-refractivity contribution in [3.05, 3.63) is 93.2 Å². The number of carbonyl (C=O) groups is 1. The predicted molar refractivity (Wildman–Crippen MR) is 137 cm³/mol. The fourth-order valence-electron chi connectivity index (χ4n) is 3.63. The van der Waals surface area contributed by atoms with Crippen LogP contribution in [0.15, 0.2) is 76.7 Å². The lowest BCUT2D eigenvalue weighted by molar-refractivity contribution is -0.120. The van der Waals surface area contributed by atoms with Crippen LogP contribution in [-0.4, -0.2) is 27.8 Å². The number of rotatable bonds is 7. The zero-order chi connectivity index (χ0) is 24.2. The second-order valence-electron chi connectivity index (χ2n) is 7.73. The SMILES string of the molecule is COc1ccccc1CNC(=O)C(C)Sc1nc2ccccc2c(=O)n1-c1cccc(Cl)c1C. The molecule has 0 spiro atoms. The Bertz CT molecular complexity index is 1420. The Labute approximate surface area is 206 Å². The van der Waals surface area contributed by atoms with Crippen molar-refractivity contribution in [2.45, 2.75) is 30.8 Å². The third kappa shape index (κ3) is 4.81. The van der Waals surface area contributed by atoms with Gasteiger partial charge in [-0.15, -0.1) is 0 Å². The van der Waals surface area contributed by atoms with E-state index in [1.165, 1.54) is 16.3 Å². The van der Waals surface area contributed by atoms with Crippen molar-refractivity contribution in [3.8, 4) is 11.4 Å². The van der Waals surface area contributed by atoms with Crippen LogP contribution in [0.1, 0.15) is 18.1 Å². The van der Waals surface area contributed by atoms with Crippen LogP contribution < -0.4 is 15.6 Å². The maximum atomic E-state index is 13.5. The van der Waals surface area contributed by atoms with Gasteiger partial charge >= 0.3 is 0 Å². The molecule has 4 rings (SSSR count). The maximum Gasteiger partial charge on any atom is 0.266 e. The number of nitrogens with zero attached hydrogens (tertiary/aromatic N) is 2. The number of hydrogen-bond donors (Lipinski definition) is 1. The quantitative estimate of drug-likeness (QED) is 0.284. The summed E-state index contributed by atoms with van der Waals surface area (Å²) in [5.74, 6) is 0.539. The molecule has 1 atom stereocenters. The van der Waals surface area contributed by atoms with E-state index in [4.69, 9.17) is 21.3 Å². The van der Waals surface area contributed by atoms with Crippen molar-refractivity contribution in [3.63, 3.8) is 0 Å². The fraction of sp³-hybridized carbons (Fsp3) is 0.192. The number of amides is 1. The van der Waals surface area contributed by atoms with Gasteiger partial charge in [0.25, 0.3) is 5.56 Å². The summed E-state index contributed by atoms with van der Waals surface area (Å²) in [6, 6.07) is 20.1. The van der Waals surface area contributed by atoms with Gasteiger partial charge in [-0.3, -0.25) is 14.2 Å². The van der Waals surface area contributed by atoms with Crippen molar-refractivity contribution in [2.75, 3.05) is 7.11 Å². The number of fused-ring (bicyclic) bond motifs is 1. The Kier molecular flexibility index (Phi) is 7.24. The van der Waals surface area contributed by atoms with E-state index < -0.39 is 5.25 Å². The summed E-state index contributed by atoms with van der Waals surface area (Å²) < 4.78 is 6.90. The zero-order valence-corrected chi connectivity index (χ0v) is 20.6. The van der Waals surface area contributed by atoms with Gasteiger partial charge in [0.05, 0.1) is 29.0 Å². The van der Waals surface area contributed by atoms with Gasteiger partial charge in [0.2, 0.25) is 5.91 Å². The maximum absolute atomic E-state index is 13.5. The first kappa shape index (κ1) is 23.9. The Hall–Kier alpha value is -3.29. The van der Waals surface area contributed by atoms with E-state index in [2.05, 4.69) is 5.32 Å². The van der Waals surface area contributed by atoms with E-state index in [0.29, 0.717) is 39.1 Å². The third-order valence-corrected chi connectivity index (χ3v) is 6.98. The van der Waals surface area contributed by atoms with Crippen LogP contribution in [0.2, 0.25) is 5.02 Å². The number of aromatic nitrogens is 2. The van der Waals surface area contributed by atoms with Crippen molar-refractivity contribution in [2.24, 2.45) is 0 Å². The molecule has 0 aliphatic rings. The molecule has 1 amide bonds. The van der Waals surface area contributed by atoms with Crippen LogP contribution in [-0.2, 0) is 11.3 Å². The Morgan fingerprint density at radius 3 is 2.65 bits per heavy atom. The molecule has 0 aliphatic heterocycles. The molecule has 0 saturated carbocycles. The van der Waals surface area contributed by atoms with Gasteiger partial charge in [0.1, 0.15) is 5.75 Å². The molecule has 0 aliphatic carbocycles. The molecular formula is C26H24ClN3O3S. The fourth-order valence-corrected chi connectivity index (χ4v) is 4.74. The summed E-state index contributed by atoms with van der Waals surface area (Å²) in [4.78, 5) is 31.2. The summed E-state index contributed by atoms with van der Waals surface area (Å²) in [6.45, 7) is 3.98. The average molecular weight is 494 g/mol.